The molecule has 3 fully saturated rings. The van der Waals surface area contributed by atoms with Crippen LogP contribution >= 0.6 is 41.0 Å². The highest BCUT2D eigenvalue weighted by atomic mass is 79.9. The predicted molar refractivity (Wildman–Crippen MR) is 267 cm³/mol. The Labute approximate surface area is 388 Å². The van der Waals surface area contributed by atoms with Gasteiger partial charge in [0.1, 0.15) is 0 Å². The number of halogens is 1. The fraction of sp³-hybridized carbons (Fsp3) is 0.409. The minimum Gasteiger partial charge on any atom is -0.423 e. The van der Waals surface area contributed by atoms with Crippen molar-refractivity contribution in [2.75, 3.05) is 62.2 Å². The van der Waals surface area contributed by atoms with Crippen LogP contribution in [0.4, 0.5) is 11.4 Å². The molecule has 3 aliphatic rings. The molecule has 0 bridgehead atoms. The van der Waals surface area contributed by atoms with Gasteiger partial charge in [-0.3, -0.25) is 15.2 Å². The summed E-state index contributed by atoms with van der Waals surface area (Å²) in [4.78, 5) is 9.64. The Morgan fingerprint density at radius 3 is 1.56 bits per heavy atom. The monoisotopic (exact) mass is 948 g/mol. The van der Waals surface area contributed by atoms with Crippen LogP contribution in [-0.4, -0.2) is 113 Å². The van der Waals surface area contributed by atoms with E-state index >= 15 is 0 Å². The normalized spacial score (nSPS) is 17.2. The Balaban J connectivity index is 0.000000249. The fourth-order valence-corrected chi connectivity index (χ4v) is 8.03. The largest absolute Gasteiger partial charge is 0.494 e. The van der Waals surface area contributed by atoms with Gasteiger partial charge in [0, 0.05) is 88.1 Å². The maximum atomic E-state index is 10.0. The molecule has 4 aromatic rings. The molecule has 0 atom stereocenters. The Kier molecular flexibility index (Phi) is 19.6. The lowest BCUT2D eigenvalue weighted by molar-refractivity contribution is 0.00578. The molecular formula is C44H63B2BrN8O5S2. The lowest BCUT2D eigenvalue weighted by Gasteiger charge is -2.37. The Morgan fingerprint density at radius 2 is 1.15 bits per heavy atom. The van der Waals surface area contributed by atoms with Gasteiger partial charge in [-0.15, -0.1) is 17.0 Å². The first-order valence-electron chi connectivity index (χ1n) is 20.7. The van der Waals surface area contributed by atoms with Crippen molar-refractivity contribution in [1.82, 2.24) is 9.80 Å². The van der Waals surface area contributed by atoms with E-state index < -0.39 is 14.2 Å². The van der Waals surface area contributed by atoms with Gasteiger partial charge in [0.25, 0.3) is 0 Å². The molecule has 0 aromatic heterocycles. The van der Waals surface area contributed by atoms with Crippen molar-refractivity contribution in [1.29, 1.82) is 5.41 Å². The minimum atomic E-state index is -1.50. The second-order valence-corrected chi connectivity index (χ2v) is 17.9. The summed E-state index contributed by atoms with van der Waals surface area (Å²) >= 11 is 5.34. The third-order valence-corrected chi connectivity index (χ3v) is 12.3. The Hall–Kier alpha value is -3.68. The van der Waals surface area contributed by atoms with Crippen molar-refractivity contribution < 1.29 is 24.5 Å². The first kappa shape index (κ1) is 51.0. The third-order valence-electron chi connectivity index (χ3n) is 11.5. The van der Waals surface area contributed by atoms with Gasteiger partial charge < -0.3 is 51.5 Å². The van der Waals surface area contributed by atoms with Crippen LogP contribution in [-0.2, 0) is 34.8 Å². The van der Waals surface area contributed by atoms with Gasteiger partial charge in [-0.25, -0.2) is 0 Å². The lowest BCUT2D eigenvalue weighted by Crippen LogP contribution is -2.46. The van der Waals surface area contributed by atoms with E-state index in [0.717, 1.165) is 93.4 Å². The molecule has 0 aliphatic carbocycles. The van der Waals surface area contributed by atoms with Crippen molar-refractivity contribution >= 4 is 87.8 Å². The van der Waals surface area contributed by atoms with E-state index in [0.29, 0.717) is 11.2 Å². The van der Waals surface area contributed by atoms with Crippen LogP contribution in [0, 0.1) is 5.41 Å². The summed E-state index contributed by atoms with van der Waals surface area (Å²) in [5.41, 5.74) is 22.2. The molecule has 13 nitrogen and oxygen atoms in total. The second kappa shape index (κ2) is 23.8. The molecule has 3 saturated heterocycles. The standard InChI is InChI=1S/C24H33BN2O3.C19H25BN4O2S.CH4N2S.BrH/c1-23(2)24(3,4)30-25(29-23)21-10-11-22(20(16-21)18-28)27-14-12-26(13-15-27)17-19-8-6-5-7-9-19;21-19(22)27-14-16-12-17(20(25)26)6-7-18(16)24-10-8-23(9-11-24)13-15-4-2-1-3-5-15;2-1(3)4;/h5-11,16,28H,12-15,17-18H2,1-4H3;1-7,12,25-26H,8-11,13-14H2,(H3,21,22);(H4,2,3,4);1H. The number of hydrogen-bond donors (Lipinski definition) is 7. The maximum absolute atomic E-state index is 10.0. The highest BCUT2D eigenvalue weighted by Gasteiger charge is 2.51. The number of benzene rings is 4. The summed E-state index contributed by atoms with van der Waals surface area (Å²) in [6, 6.07) is 32.8. The van der Waals surface area contributed by atoms with Crippen LogP contribution in [0.25, 0.3) is 0 Å². The second-order valence-electron chi connectivity index (χ2n) is 16.4. The molecule has 10 N–H and O–H groups in total. The van der Waals surface area contributed by atoms with Gasteiger partial charge in [-0.05, 0) is 79.7 Å². The van der Waals surface area contributed by atoms with Gasteiger partial charge in [0.2, 0.25) is 0 Å². The Bertz CT molecular complexity index is 2010. The quantitative estimate of drug-likeness (QED) is 0.0501. The molecule has 334 valence electrons. The molecule has 0 radical (unpaired) electrons. The maximum Gasteiger partial charge on any atom is 0.494 e. The van der Waals surface area contributed by atoms with Crippen molar-refractivity contribution in [2.45, 2.75) is 64.3 Å². The fourth-order valence-electron chi connectivity index (χ4n) is 7.49. The molecule has 7 rings (SSSR count). The average Bonchev–Trinajstić information content (AvgIpc) is 3.46. The molecule has 0 saturated carbocycles. The van der Waals surface area contributed by atoms with Crippen LogP contribution in [0.3, 0.4) is 0 Å². The van der Waals surface area contributed by atoms with Crippen LogP contribution in [0.2, 0.25) is 0 Å². The summed E-state index contributed by atoms with van der Waals surface area (Å²) in [6.07, 6.45) is 0. The third kappa shape index (κ3) is 14.7. The van der Waals surface area contributed by atoms with E-state index in [1.54, 1.807) is 12.1 Å². The van der Waals surface area contributed by atoms with E-state index in [1.807, 2.05) is 18.2 Å². The number of thiocarbonyl (C=S) groups is 1. The van der Waals surface area contributed by atoms with Gasteiger partial charge in [-0.1, -0.05) is 96.7 Å². The molecule has 0 amide bonds. The number of piperazine rings is 2. The van der Waals surface area contributed by atoms with Crippen molar-refractivity contribution in [3.8, 4) is 0 Å². The summed E-state index contributed by atoms with van der Waals surface area (Å²) in [6.45, 7) is 17.9. The SMILES string of the molecule is Br.CC1(C)OB(c2ccc(N3CCN(Cc4ccccc4)CC3)c(CO)c2)OC1(C)C.N=C(N)SCc1cc(B(O)O)ccc1N1CCN(Cc2ccccc2)CC1.NC(N)=S. The Morgan fingerprint density at radius 1 is 0.710 bits per heavy atom. The van der Waals surface area contributed by atoms with Gasteiger partial charge in [0.15, 0.2) is 10.3 Å². The number of anilines is 2. The van der Waals surface area contributed by atoms with Gasteiger partial charge in [-0.2, -0.15) is 0 Å². The first-order chi connectivity index (χ1) is 29.0. The molecule has 0 spiro atoms. The molecular weight excluding hydrogens is 886 g/mol. The minimum absolute atomic E-state index is 0. The number of aliphatic hydroxyl groups is 1. The first-order valence-corrected chi connectivity index (χ1v) is 22.1. The van der Waals surface area contributed by atoms with E-state index in [2.05, 4.69) is 138 Å². The zero-order valence-electron chi connectivity index (χ0n) is 36.3. The number of nitrogens with two attached hydrogens (primary N) is 3. The molecule has 3 heterocycles. The van der Waals surface area contributed by atoms with Crippen LogP contribution < -0.4 is 37.9 Å². The predicted octanol–water partition coefficient (Wildman–Crippen LogP) is 3.38. The van der Waals surface area contributed by atoms with Crippen LogP contribution in [0.5, 0.6) is 0 Å². The number of rotatable bonds is 11. The topological polar surface area (TPSA) is 194 Å². The zero-order chi connectivity index (χ0) is 44.2. The summed E-state index contributed by atoms with van der Waals surface area (Å²) in [5, 5.41) is 36.5. The number of hydrogen-bond acceptors (Lipinski definition) is 12. The highest BCUT2D eigenvalue weighted by Crippen LogP contribution is 2.37. The molecule has 62 heavy (non-hydrogen) atoms. The van der Waals surface area contributed by atoms with E-state index in [4.69, 9.17) is 20.5 Å². The number of thioether (sulfide) groups is 1. The highest BCUT2D eigenvalue weighted by molar-refractivity contribution is 8.93. The average molecular weight is 950 g/mol. The molecule has 4 aromatic carbocycles. The van der Waals surface area contributed by atoms with Gasteiger partial charge in [0.05, 0.1) is 17.8 Å². The smallest absolute Gasteiger partial charge is 0.423 e. The number of nitrogens with one attached hydrogen (secondary N) is 1. The number of aliphatic hydroxyl groups excluding tert-OH is 1. The van der Waals surface area contributed by atoms with Crippen LogP contribution in [0.15, 0.2) is 97.1 Å². The van der Waals surface area contributed by atoms with Crippen LogP contribution in [0.1, 0.15) is 49.9 Å². The van der Waals surface area contributed by atoms with E-state index in [1.165, 1.54) is 22.9 Å². The summed E-state index contributed by atoms with van der Waals surface area (Å²) in [5.74, 6) is 0.537. The molecule has 0 unspecified atom stereocenters. The van der Waals surface area contributed by atoms with Crippen molar-refractivity contribution in [3.05, 3.63) is 119 Å². The van der Waals surface area contributed by atoms with Gasteiger partial charge >= 0.3 is 14.2 Å². The molecule has 3 aliphatic heterocycles. The zero-order valence-corrected chi connectivity index (χ0v) is 39.6. The molecule has 18 heteroatoms. The van der Waals surface area contributed by atoms with Crippen molar-refractivity contribution in [2.24, 2.45) is 17.2 Å². The number of nitrogens with zero attached hydrogens (tertiary/aromatic N) is 4. The van der Waals surface area contributed by atoms with Crippen molar-refractivity contribution in [3.63, 3.8) is 0 Å². The van der Waals surface area contributed by atoms with E-state index in [-0.39, 0.29) is 45.1 Å². The lowest BCUT2D eigenvalue weighted by atomic mass is 9.78. The summed E-state index contributed by atoms with van der Waals surface area (Å²) < 4.78 is 12.4. The number of amidine groups is 1. The van der Waals surface area contributed by atoms with E-state index in [9.17, 15) is 15.2 Å². The summed E-state index contributed by atoms with van der Waals surface area (Å²) in [7, 11) is -1.90.